The first-order chi connectivity index (χ1) is 13.1. The van der Waals surface area contributed by atoms with Crippen LogP contribution in [0.5, 0.6) is 0 Å². The highest BCUT2D eigenvalue weighted by atomic mass is 32.1. The lowest BCUT2D eigenvalue weighted by atomic mass is 10.0. The molecule has 2 aromatic heterocycles. The molecule has 0 fully saturated rings. The normalized spacial score (nSPS) is 15.9. The number of carbonyl (C=O) groups is 1. The number of nitrogens with zero attached hydrogens (tertiary/aromatic N) is 3. The summed E-state index contributed by atoms with van der Waals surface area (Å²) in [5, 5.41) is 7.16. The number of thiazole rings is 1. The fraction of sp³-hybridized carbons (Fsp3) is 0.158. The second kappa shape index (κ2) is 7.24. The molecule has 1 aromatic carbocycles. The van der Waals surface area contributed by atoms with Gasteiger partial charge in [-0.3, -0.25) is 15.1 Å². The summed E-state index contributed by atoms with van der Waals surface area (Å²) in [4.78, 5) is 27.3. The average molecular weight is 382 g/mol. The molecule has 1 amide bonds. The summed E-state index contributed by atoms with van der Waals surface area (Å²) in [6.07, 6.45) is 1.21. The largest absolute Gasteiger partial charge is 0.382 e. The Labute approximate surface area is 158 Å². The quantitative estimate of drug-likeness (QED) is 0.745. The molecule has 136 valence electrons. The van der Waals surface area contributed by atoms with Gasteiger partial charge in [-0.1, -0.05) is 34.7 Å². The Kier molecular flexibility index (Phi) is 4.64. The molecule has 27 heavy (non-hydrogen) atoms. The monoisotopic (exact) mass is 382 g/mol. The second-order valence-electron chi connectivity index (χ2n) is 5.98. The average Bonchev–Trinajstić information content (AvgIpc) is 3.29. The summed E-state index contributed by atoms with van der Waals surface area (Å²) in [6.45, 7) is 1.87. The third-order valence-electron chi connectivity index (χ3n) is 4.04. The Morgan fingerprint density at radius 3 is 2.96 bits per heavy atom. The van der Waals surface area contributed by atoms with E-state index in [0.717, 1.165) is 16.3 Å². The van der Waals surface area contributed by atoms with Gasteiger partial charge in [-0.25, -0.2) is 9.37 Å². The van der Waals surface area contributed by atoms with Crippen molar-refractivity contribution < 1.29 is 14.0 Å². The molecule has 3 heterocycles. The standard InChI is InChI=1S/C19H15FN4O2S/c1-11-17(14-7-2-3-8-21-14)27-19(22-11)23-18(25)16-10-15(24-26-16)12-5-4-6-13(20)9-12/h2-9,16H,10H2,1H3,(H,22,23,25). The van der Waals surface area contributed by atoms with Gasteiger partial charge in [0.2, 0.25) is 6.10 Å². The summed E-state index contributed by atoms with van der Waals surface area (Å²) >= 11 is 1.35. The molecule has 1 aliphatic rings. The van der Waals surface area contributed by atoms with Crippen molar-refractivity contribution >= 4 is 28.1 Å². The lowest BCUT2D eigenvalue weighted by Gasteiger charge is -2.07. The minimum atomic E-state index is -0.772. The predicted molar refractivity (Wildman–Crippen MR) is 101 cm³/mol. The minimum Gasteiger partial charge on any atom is -0.382 e. The third kappa shape index (κ3) is 3.70. The Balaban J connectivity index is 1.44. The van der Waals surface area contributed by atoms with Crippen LogP contribution in [0.25, 0.3) is 10.6 Å². The topological polar surface area (TPSA) is 76.5 Å². The van der Waals surface area contributed by atoms with Crippen molar-refractivity contribution in [1.82, 2.24) is 9.97 Å². The summed E-state index contributed by atoms with van der Waals surface area (Å²) in [5.74, 6) is -0.699. The molecule has 1 aliphatic heterocycles. The number of aromatic nitrogens is 2. The molecule has 0 saturated carbocycles. The van der Waals surface area contributed by atoms with Crippen LogP contribution in [0, 0.1) is 12.7 Å². The van der Waals surface area contributed by atoms with Gasteiger partial charge in [0.15, 0.2) is 5.13 Å². The van der Waals surface area contributed by atoms with Crippen molar-refractivity contribution in [2.75, 3.05) is 5.32 Å². The smallest absolute Gasteiger partial charge is 0.270 e. The van der Waals surface area contributed by atoms with E-state index in [-0.39, 0.29) is 18.1 Å². The molecule has 0 saturated heterocycles. The van der Waals surface area contributed by atoms with Gasteiger partial charge in [0, 0.05) is 18.2 Å². The number of hydrogen-bond donors (Lipinski definition) is 1. The molecule has 1 atom stereocenters. The fourth-order valence-corrected chi connectivity index (χ4v) is 3.67. The van der Waals surface area contributed by atoms with E-state index in [1.165, 1.54) is 23.5 Å². The van der Waals surface area contributed by atoms with Crippen LogP contribution < -0.4 is 5.32 Å². The van der Waals surface area contributed by atoms with Crippen molar-refractivity contribution in [1.29, 1.82) is 0 Å². The highest BCUT2D eigenvalue weighted by Crippen LogP contribution is 2.31. The summed E-state index contributed by atoms with van der Waals surface area (Å²) in [6, 6.07) is 11.7. The summed E-state index contributed by atoms with van der Waals surface area (Å²) < 4.78 is 13.4. The summed E-state index contributed by atoms with van der Waals surface area (Å²) in [5.41, 5.74) is 2.74. The number of hydrogen-bond acceptors (Lipinski definition) is 6. The second-order valence-corrected chi connectivity index (χ2v) is 6.98. The molecule has 0 radical (unpaired) electrons. The molecule has 3 aromatic rings. The number of aryl methyl sites for hydroxylation is 1. The van der Waals surface area contributed by atoms with Gasteiger partial charge < -0.3 is 4.84 Å². The number of rotatable bonds is 4. The maximum atomic E-state index is 13.4. The fourth-order valence-electron chi connectivity index (χ4n) is 2.73. The van der Waals surface area contributed by atoms with Gasteiger partial charge in [0.1, 0.15) is 5.82 Å². The molecule has 4 rings (SSSR count). The number of anilines is 1. The molecular weight excluding hydrogens is 367 g/mol. The zero-order valence-electron chi connectivity index (χ0n) is 14.3. The maximum Gasteiger partial charge on any atom is 0.270 e. The predicted octanol–water partition coefficient (Wildman–Crippen LogP) is 3.78. The molecule has 6 nitrogen and oxygen atoms in total. The van der Waals surface area contributed by atoms with E-state index >= 15 is 0 Å². The summed E-state index contributed by atoms with van der Waals surface area (Å²) in [7, 11) is 0. The van der Waals surface area contributed by atoms with Crippen LogP contribution in [0.2, 0.25) is 0 Å². The van der Waals surface area contributed by atoms with E-state index in [1.807, 2.05) is 25.1 Å². The van der Waals surface area contributed by atoms with E-state index in [0.29, 0.717) is 16.4 Å². The molecule has 0 bridgehead atoms. The lowest BCUT2D eigenvalue weighted by molar-refractivity contribution is -0.125. The minimum absolute atomic E-state index is 0.271. The number of carbonyl (C=O) groups excluding carboxylic acids is 1. The van der Waals surface area contributed by atoms with Crippen molar-refractivity contribution in [2.45, 2.75) is 19.4 Å². The number of oxime groups is 1. The number of nitrogens with one attached hydrogen (secondary N) is 1. The number of halogens is 1. The molecule has 1 unspecified atom stereocenters. The first-order valence-corrected chi connectivity index (χ1v) is 9.10. The van der Waals surface area contributed by atoms with Gasteiger partial charge in [-0.15, -0.1) is 0 Å². The zero-order valence-corrected chi connectivity index (χ0v) is 15.2. The Morgan fingerprint density at radius 1 is 1.30 bits per heavy atom. The molecular formula is C19H15FN4O2S. The molecule has 8 heteroatoms. The Morgan fingerprint density at radius 2 is 2.19 bits per heavy atom. The van der Waals surface area contributed by atoms with E-state index in [4.69, 9.17) is 4.84 Å². The Hall–Kier alpha value is -3.13. The molecule has 0 spiro atoms. The van der Waals surface area contributed by atoms with Crippen molar-refractivity contribution in [3.8, 4) is 10.6 Å². The lowest BCUT2D eigenvalue weighted by Crippen LogP contribution is -2.28. The van der Waals surface area contributed by atoms with Crippen LogP contribution in [0.3, 0.4) is 0 Å². The van der Waals surface area contributed by atoms with Crippen molar-refractivity contribution in [2.24, 2.45) is 5.16 Å². The van der Waals surface area contributed by atoms with E-state index in [2.05, 4.69) is 20.4 Å². The van der Waals surface area contributed by atoms with Gasteiger partial charge in [0.25, 0.3) is 5.91 Å². The first kappa shape index (κ1) is 17.3. The van der Waals surface area contributed by atoms with Crippen LogP contribution in [0.15, 0.2) is 53.8 Å². The van der Waals surface area contributed by atoms with Crippen LogP contribution >= 0.6 is 11.3 Å². The highest BCUT2D eigenvalue weighted by molar-refractivity contribution is 7.19. The van der Waals surface area contributed by atoms with Gasteiger partial charge in [-0.2, -0.15) is 0 Å². The molecule has 1 N–H and O–H groups in total. The zero-order chi connectivity index (χ0) is 18.8. The van der Waals surface area contributed by atoms with Crippen molar-refractivity contribution in [3.05, 3.63) is 65.7 Å². The first-order valence-electron chi connectivity index (χ1n) is 8.28. The van der Waals surface area contributed by atoms with Crippen LogP contribution in [-0.2, 0) is 9.63 Å². The number of benzene rings is 1. The van der Waals surface area contributed by atoms with Crippen LogP contribution in [0.1, 0.15) is 17.7 Å². The Bertz CT molecular complexity index is 1020. The van der Waals surface area contributed by atoms with E-state index in [1.54, 1.807) is 18.3 Å². The highest BCUT2D eigenvalue weighted by Gasteiger charge is 2.30. The van der Waals surface area contributed by atoms with Gasteiger partial charge >= 0.3 is 0 Å². The van der Waals surface area contributed by atoms with Gasteiger partial charge in [-0.05, 0) is 31.2 Å². The van der Waals surface area contributed by atoms with Crippen LogP contribution in [0.4, 0.5) is 9.52 Å². The number of pyridine rings is 1. The van der Waals surface area contributed by atoms with E-state index < -0.39 is 6.10 Å². The van der Waals surface area contributed by atoms with E-state index in [9.17, 15) is 9.18 Å². The maximum absolute atomic E-state index is 13.4. The third-order valence-corrected chi connectivity index (χ3v) is 5.14. The number of amides is 1. The molecule has 0 aliphatic carbocycles. The van der Waals surface area contributed by atoms with Gasteiger partial charge in [0.05, 0.1) is 22.0 Å². The SMILES string of the molecule is Cc1nc(NC(=O)C2CC(c3cccc(F)c3)=NO2)sc1-c1ccccn1. The van der Waals surface area contributed by atoms with Crippen LogP contribution in [-0.4, -0.2) is 27.7 Å². The van der Waals surface area contributed by atoms with Crippen molar-refractivity contribution in [3.63, 3.8) is 0 Å².